The van der Waals surface area contributed by atoms with Crippen molar-refractivity contribution in [2.45, 2.75) is 117 Å². The fourth-order valence-electron chi connectivity index (χ4n) is 10.3. The van der Waals surface area contributed by atoms with E-state index in [-0.39, 0.29) is 33.5 Å². The quantitative estimate of drug-likeness (QED) is 0.424. The summed E-state index contributed by atoms with van der Waals surface area (Å²) in [5.41, 5.74) is 0.0976. The molecule has 5 aliphatic carbocycles. The summed E-state index contributed by atoms with van der Waals surface area (Å²) in [5, 5.41) is 32.4. The Labute approximate surface area is 200 Å². The third-order valence-corrected chi connectivity index (χ3v) is 12.7. The van der Waals surface area contributed by atoms with Gasteiger partial charge in [-0.05, 0) is 111 Å². The molecule has 9 atom stereocenters. The number of rotatable bonds is 1. The Hall–Kier alpha value is -0.870. The lowest BCUT2D eigenvalue weighted by molar-refractivity contribution is -0.234. The first-order valence-electron chi connectivity index (χ1n) is 13.5. The van der Waals surface area contributed by atoms with Crippen LogP contribution in [-0.4, -0.2) is 33.0 Å². The molecule has 33 heavy (non-hydrogen) atoms. The SMILES string of the molecule is CC1(C)CCC2(C(=O)O)CC[C@]3(C)C(=CCC4C5(C)CC[C@H](O)[C@](C)(O)[C@@H]5CC[C@@]43C)C2C1. The molecule has 0 aromatic rings. The van der Waals surface area contributed by atoms with E-state index >= 15 is 0 Å². The number of carbonyl (C=O) groups is 1. The Morgan fingerprint density at radius 3 is 2.24 bits per heavy atom. The minimum Gasteiger partial charge on any atom is -0.481 e. The Balaban J connectivity index is 1.60. The van der Waals surface area contributed by atoms with E-state index in [4.69, 9.17) is 0 Å². The van der Waals surface area contributed by atoms with Crippen LogP contribution in [0.2, 0.25) is 0 Å². The number of carboxylic acids is 1. The second-order valence-corrected chi connectivity index (χ2v) is 14.5. The van der Waals surface area contributed by atoms with Gasteiger partial charge >= 0.3 is 5.97 Å². The van der Waals surface area contributed by atoms with Crippen molar-refractivity contribution in [3.05, 3.63) is 11.6 Å². The van der Waals surface area contributed by atoms with Crippen LogP contribution in [0.4, 0.5) is 0 Å². The molecule has 4 heteroatoms. The molecule has 0 amide bonds. The highest BCUT2D eigenvalue weighted by atomic mass is 16.4. The first kappa shape index (κ1) is 23.9. The molecule has 5 rings (SSSR count). The van der Waals surface area contributed by atoms with Gasteiger partial charge in [-0.15, -0.1) is 0 Å². The van der Waals surface area contributed by atoms with Crippen LogP contribution < -0.4 is 0 Å². The summed E-state index contributed by atoms with van der Waals surface area (Å²) >= 11 is 0. The Morgan fingerprint density at radius 2 is 1.58 bits per heavy atom. The van der Waals surface area contributed by atoms with Crippen molar-refractivity contribution < 1.29 is 20.1 Å². The highest BCUT2D eigenvalue weighted by molar-refractivity contribution is 5.76. The molecule has 4 unspecified atom stereocenters. The lowest BCUT2D eigenvalue weighted by Crippen LogP contribution is -2.67. The van der Waals surface area contributed by atoms with Gasteiger partial charge in [0.15, 0.2) is 0 Å². The summed E-state index contributed by atoms with van der Waals surface area (Å²) in [6, 6.07) is 0. The van der Waals surface area contributed by atoms with Crippen LogP contribution in [-0.2, 0) is 4.79 Å². The van der Waals surface area contributed by atoms with E-state index < -0.39 is 23.1 Å². The van der Waals surface area contributed by atoms with Crippen molar-refractivity contribution in [1.29, 1.82) is 0 Å². The molecule has 0 aromatic heterocycles. The van der Waals surface area contributed by atoms with E-state index in [1.54, 1.807) is 0 Å². The zero-order valence-electron chi connectivity index (χ0n) is 21.7. The summed E-state index contributed by atoms with van der Waals surface area (Å²) in [7, 11) is 0. The second-order valence-electron chi connectivity index (χ2n) is 14.5. The number of aliphatic carboxylic acids is 1. The number of carboxylic acid groups (broad SMARTS) is 1. The summed E-state index contributed by atoms with van der Waals surface area (Å²) < 4.78 is 0. The maximum Gasteiger partial charge on any atom is 0.310 e. The van der Waals surface area contributed by atoms with Gasteiger partial charge < -0.3 is 15.3 Å². The highest BCUT2D eigenvalue weighted by Gasteiger charge is 2.69. The van der Waals surface area contributed by atoms with Crippen LogP contribution in [0.15, 0.2) is 11.6 Å². The molecule has 4 nitrogen and oxygen atoms in total. The van der Waals surface area contributed by atoms with Crippen molar-refractivity contribution in [3.63, 3.8) is 0 Å². The number of allylic oxidation sites excluding steroid dienone is 2. The topological polar surface area (TPSA) is 77.8 Å². The number of hydrogen-bond donors (Lipinski definition) is 3. The maximum atomic E-state index is 12.7. The van der Waals surface area contributed by atoms with E-state index in [0.717, 1.165) is 57.8 Å². The number of aliphatic hydroxyl groups is 2. The van der Waals surface area contributed by atoms with Gasteiger partial charge in [0.25, 0.3) is 0 Å². The van der Waals surface area contributed by atoms with Gasteiger partial charge in [0.2, 0.25) is 0 Å². The molecule has 4 saturated carbocycles. The van der Waals surface area contributed by atoms with Crippen molar-refractivity contribution >= 4 is 5.97 Å². The fourth-order valence-corrected chi connectivity index (χ4v) is 10.3. The lowest BCUT2D eigenvalue weighted by Gasteiger charge is -2.70. The van der Waals surface area contributed by atoms with Crippen molar-refractivity contribution in [1.82, 2.24) is 0 Å². The predicted molar refractivity (Wildman–Crippen MR) is 130 cm³/mol. The normalized spacial score (nSPS) is 55.3. The van der Waals surface area contributed by atoms with Crippen LogP contribution in [0.5, 0.6) is 0 Å². The summed E-state index contributed by atoms with van der Waals surface area (Å²) in [6.45, 7) is 13.8. The van der Waals surface area contributed by atoms with Crippen LogP contribution >= 0.6 is 0 Å². The molecule has 0 aliphatic heterocycles. The molecule has 0 heterocycles. The van der Waals surface area contributed by atoms with Gasteiger partial charge in [-0.25, -0.2) is 0 Å². The van der Waals surface area contributed by atoms with Gasteiger partial charge in [-0.3, -0.25) is 4.79 Å². The van der Waals surface area contributed by atoms with Gasteiger partial charge in [0.05, 0.1) is 17.1 Å². The van der Waals surface area contributed by atoms with Gasteiger partial charge in [-0.2, -0.15) is 0 Å². The zero-order valence-corrected chi connectivity index (χ0v) is 21.7. The molecule has 3 N–H and O–H groups in total. The minimum atomic E-state index is -1.03. The molecule has 0 aromatic carbocycles. The molecular weight excluding hydrogens is 412 g/mol. The molecule has 186 valence electrons. The molecule has 4 fully saturated rings. The third kappa shape index (κ3) is 2.86. The Kier molecular flexibility index (Phi) is 4.97. The Morgan fingerprint density at radius 1 is 0.909 bits per heavy atom. The first-order chi connectivity index (χ1) is 15.1. The molecule has 0 radical (unpaired) electrons. The minimum absolute atomic E-state index is 0.00283. The molecule has 0 spiro atoms. The van der Waals surface area contributed by atoms with Crippen molar-refractivity contribution in [3.8, 4) is 0 Å². The summed E-state index contributed by atoms with van der Waals surface area (Å²) in [4.78, 5) is 12.7. The van der Waals surface area contributed by atoms with Gasteiger partial charge in [0.1, 0.15) is 0 Å². The van der Waals surface area contributed by atoms with Crippen LogP contribution in [0.1, 0.15) is 106 Å². The van der Waals surface area contributed by atoms with E-state index in [0.29, 0.717) is 12.3 Å². The van der Waals surface area contributed by atoms with Gasteiger partial charge in [-0.1, -0.05) is 46.3 Å². The number of aliphatic hydroxyl groups excluding tert-OH is 1. The van der Waals surface area contributed by atoms with Crippen molar-refractivity contribution in [2.75, 3.05) is 0 Å². The van der Waals surface area contributed by atoms with E-state index in [1.807, 2.05) is 6.92 Å². The average Bonchev–Trinajstić information content (AvgIpc) is 2.71. The predicted octanol–water partition coefficient (Wildman–Crippen LogP) is 5.96. The van der Waals surface area contributed by atoms with Crippen molar-refractivity contribution in [2.24, 2.45) is 44.8 Å². The standard InChI is InChI=1S/C29H46O4/c1-24(2)13-15-29(23(31)32)16-14-26(4)18(19(29)17-24)7-8-20-25(3)11-10-22(30)28(6,33)21(25)9-12-27(20,26)5/h7,19-22,30,33H,8-17H2,1-6H3,(H,31,32)/t19?,20?,21-,22+,25?,26-,27+,28-,29?/m1/s1. The average molecular weight is 459 g/mol. The van der Waals surface area contributed by atoms with E-state index in [2.05, 4.69) is 40.7 Å². The second kappa shape index (κ2) is 6.87. The van der Waals surface area contributed by atoms with Crippen LogP contribution in [0.25, 0.3) is 0 Å². The lowest BCUT2D eigenvalue weighted by atomic mass is 9.34. The zero-order chi connectivity index (χ0) is 24.2. The number of hydrogen-bond acceptors (Lipinski definition) is 3. The molecule has 0 bridgehead atoms. The highest BCUT2D eigenvalue weighted by Crippen LogP contribution is 2.75. The third-order valence-electron chi connectivity index (χ3n) is 12.7. The molecule has 0 saturated heterocycles. The fraction of sp³-hybridized carbons (Fsp3) is 0.897. The summed E-state index contributed by atoms with van der Waals surface area (Å²) in [6.07, 6.45) is 10.9. The van der Waals surface area contributed by atoms with Crippen LogP contribution in [0.3, 0.4) is 0 Å². The summed E-state index contributed by atoms with van der Waals surface area (Å²) in [5.74, 6) is 0.120. The maximum absolute atomic E-state index is 12.7. The molecule has 5 aliphatic rings. The number of fused-ring (bicyclic) bond motifs is 7. The Bertz CT molecular complexity index is 888. The van der Waals surface area contributed by atoms with E-state index in [9.17, 15) is 20.1 Å². The monoisotopic (exact) mass is 458 g/mol. The van der Waals surface area contributed by atoms with Gasteiger partial charge in [0, 0.05) is 0 Å². The largest absolute Gasteiger partial charge is 0.481 e. The van der Waals surface area contributed by atoms with Crippen LogP contribution in [0, 0.1) is 44.8 Å². The van der Waals surface area contributed by atoms with E-state index in [1.165, 1.54) is 5.57 Å². The molecular formula is C29H46O4. The first-order valence-corrected chi connectivity index (χ1v) is 13.5. The smallest absolute Gasteiger partial charge is 0.310 e.